The Morgan fingerprint density at radius 3 is 2.84 bits per heavy atom. The molecule has 0 aliphatic carbocycles. The molecule has 1 unspecified atom stereocenters. The molecule has 1 amide bonds. The highest BCUT2D eigenvalue weighted by Crippen LogP contribution is 2.22. The minimum absolute atomic E-state index is 0.161. The maximum Gasteiger partial charge on any atom is 0.224 e. The molecule has 1 saturated heterocycles. The molecule has 0 spiro atoms. The average molecular weight is 265 g/mol. The zero-order valence-corrected chi connectivity index (χ0v) is 12.5. The van der Waals surface area contributed by atoms with Gasteiger partial charge < -0.3 is 10.2 Å². The molecular formula is C15H27N3O. The summed E-state index contributed by atoms with van der Waals surface area (Å²) in [7, 11) is 1.71. The SMILES string of the molecule is CNC(=O)C1CCCN(CCCCC(C)(C)C#N)C1. The minimum Gasteiger partial charge on any atom is -0.359 e. The Morgan fingerprint density at radius 2 is 2.21 bits per heavy atom. The molecule has 0 aromatic rings. The van der Waals surface area contributed by atoms with E-state index in [1.165, 1.54) is 0 Å². The quantitative estimate of drug-likeness (QED) is 0.749. The Kier molecular flexibility index (Phi) is 6.30. The van der Waals surface area contributed by atoms with Gasteiger partial charge >= 0.3 is 0 Å². The zero-order valence-electron chi connectivity index (χ0n) is 12.5. The molecular weight excluding hydrogens is 238 g/mol. The first kappa shape index (κ1) is 16.0. The number of nitrogens with one attached hydrogen (secondary N) is 1. The van der Waals surface area contributed by atoms with Crippen molar-refractivity contribution in [2.75, 3.05) is 26.7 Å². The molecule has 4 heteroatoms. The van der Waals surface area contributed by atoms with Crippen LogP contribution in [-0.4, -0.2) is 37.5 Å². The maximum atomic E-state index is 11.6. The van der Waals surface area contributed by atoms with E-state index in [1.54, 1.807) is 7.05 Å². The fraction of sp³-hybridized carbons (Fsp3) is 0.867. The fourth-order valence-electron chi connectivity index (χ4n) is 2.64. The lowest BCUT2D eigenvalue weighted by Gasteiger charge is -2.31. The minimum atomic E-state index is -0.202. The van der Waals surface area contributed by atoms with Crippen LogP contribution < -0.4 is 5.32 Å². The summed E-state index contributed by atoms with van der Waals surface area (Å²) in [4.78, 5) is 14.0. The van der Waals surface area contributed by atoms with E-state index < -0.39 is 0 Å². The number of nitriles is 1. The predicted octanol–water partition coefficient (Wildman–Crippen LogP) is 2.16. The lowest BCUT2D eigenvalue weighted by molar-refractivity contribution is -0.126. The lowest BCUT2D eigenvalue weighted by Crippen LogP contribution is -2.42. The van der Waals surface area contributed by atoms with Crippen molar-refractivity contribution < 1.29 is 4.79 Å². The average Bonchev–Trinajstić information content (AvgIpc) is 2.43. The highest BCUT2D eigenvalue weighted by atomic mass is 16.1. The second-order valence-electron chi connectivity index (χ2n) is 6.21. The maximum absolute atomic E-state index is 11.6. The molecule has 1 aliphatic heterocycles. The molecule has 1 aliphatic rings. The van der Waals surface area contributed by atoms with Crippen LogP contribution in [-0.2, 0) is 4.79 Å². The van der Waals surface area contributed by atoms with Crippen LogP contribution in [0.5, 0.6) is 0 Å². The van der Waals surface area contributed by atoms with Gasteiger partial charge in [0.25, 0.3) is 0 Å². The molecule has 1 heterocycles. The molecule has 0 aromatic carbocycles. The molecule has 19 heavy (non-hydrogen) atoms. The van der Waals surface area contributed by atoms with Gasteiger partial charge in [-0.15, -0.1) is 0 Å². The van der Waals surface area contributed by atoms with Crippen LogP contribution in [0.3, 0.4) is 0 Å². The number of piperidine rings is 1. The highest BCUT2D eigenvalue weighted by molar-refractivity contribution is 5.78. The molecule has 0 aromatic heterocycles. The summed E-state index contributed by atoms with van der Waals surface area (Å²) in [5.74, 6) is 0.338. The third-order valence-electron chi connectivity index (χ3n) is 3.95. The van der Waals surface area contributed by atoms with Gasteiger partial charge in [0.1, 0.15) is 0 Å². The Balaban J connectivity index is 2.23. The number of carbonyl (C=O) groups is 1. The van der Waals surface area contributed by atoms with Crippen molar-refractivity contribution in [1.82, 2.24) is 10.2 Å². The van der Waals surface area contributed by atoms with Gasteiger partial charge in [0, 0.05) is 13.6 Å². The van der Waals surface area contributed by atoms with Crippen molar-refractivity contribution in [2.24, 2.45) is 11.3 Å². The van der Waals surface area contributed by atoms with E-state index in [-0.39, 0.29) is 17.2 Å². The van der Waals surface area contributed by atoms with E-state index in [0.29, 0.717) is 0 Å². The van der Waals surface area contributed by atoms with Crippen molar-refractivity contribution in [3.63, 3.8) is 0 Å². The number of hydrogen-bond donors (Lipinski definition) is 1. The third kappa shape index (κ3) is 5.61. The summed E-state index contributed by atoms with van der Waals surface area (Å²) < 4.78 is 0. The summed E-state index contributed by atoms with van der Waals surface area (Å²) in [6.45, 7) is 7.04. The van der Waals surface area contributed by atoms with Crippen LogP contribution in [0.1, 0.15) is 46.0 Å². The molecule has 1 fully saturated rings. The van der Waals surface area contributed by atoms with E-state index in [2.05, 4.69) is 16.3 Å². The highest BCUT2D eigenvalue weighted by Gasteiger charge is 2.24. The molecule has 0 saturated carbocycles. The van der Waals surface area contributed by atoms with Crippen molar-refractivity contribution >= 4 is 5.91 Å². The Bertz CT molecular complexity index is 333. The largest absolute Gasteiger partial charge is 0.359 e. The van der Waals surface area contributed by atoms with Crippen LogP contribution in [0.2, 0.25) is 0 Å². The summed E-state index contributed by atoms with van der Waals surface area (Å²) in [6, 6.07) is 2.34. The summed E-state index contributed by atoms with van der Waals surface area (Å²) in [6.07, 6.45) is 5.28. The topological polar surface area (TPSA) is 56.1 Å². The molecule has 1 rings (SSSR count). The number of hydrogen-bond acceptors (Lipinski definition) is 3. The zero-order chi connectivity index (χ0) is 14.3. The molecule has 0 bridgehead atoms. The number of amides is 1. The van der Waals surface area contributed by atoms with Crippen LogP contribution in [0.15, 0.2) is 0 Å². The molecule has 0 radical (unpaired) electrons. The first-order valence-electron chi connectivity index (χ1n) is 7.34. The standard InChI is InChI=1S/C15H27N3O/c1-15(2,12-16)8-4-5-9-18-10-6-7-13(11-18)14(19)17-3/h13H,4-11H2,1-3H3,(H,17,19). The first-order valence-corrected chi connectivity index (χ1v) is 7.34. The van der Waals surface area contributed by atoms with Crippen molar-refractivity contribution in [3.8, 4) is 6.07 Å². The Morgan fingerprint density at radius 1 is 1.47 bits per heavy atom. The Labute approximate surface area is 117 Å². The van der Waals surface area contributed by atoms with Gasteiger partial charge in [-0.2, -0.15) is 5.26 Å². The second-order valence-corrected chi connectivity index (χ2v) is 6.21. The van der Waals surface area contributed by atoms with Gasteiger partial charge in [-0.3, -0.25) is 4.79 Å². The van der Waals surface area contributed by atoms with E-state index in [4.69, 9.17) is 5.26 Å². The Hall–Kier alpha value is -1.08. The number of nitrogens with zero attached hydrogens (tertiary/aromatic N) is 2. The van der Waals surface area contributed by atoms with Gasteiger partial charge in [-0.1, -0.05) is 6.42 Å². The second kappa shape index (κ2) is 7.49. The smallest absolute Gasteiger partial charge is 0.224 e. The van der Waals surface area contributed by atoms with Gasteiger partial charge in [0.2, 0.25) is 5.91 Å². The molecule has 108 valence electrons. The third-order valence-corrected chi connectivity index (χ3v) is 3.95. The van der Waals surface area contributed by atoms with Gasteiger partial charge in [-0.25, -0.2) is 0 Å². The van der Waals surface area contributed by atoms with Gasteiger partial charge in [0.05, 0.1) is 17.4 Å². The number of carbonyl (C=O) groups excluding carboxylic acids is 1. The monoisotopic (exact) mass is 265 g/mol. The number of likely N-dealkylation sites (tertiary alicyclic amines) is 1. The van der Waals surface area contributed by atoms with Crippen LogP contribution in [0.25, 0.3) is 0 Å². The molecule has 1 atom stereocenters. The first-order chi connectivity index (χ1) is 8.98. The van der Waals surface area contributed by atoms with Crippen LogP contribution in [0.4, 0.5) is 0 Å². The fourth-order valence-corrected chi connectivity index (χ4v) is 2.64. The van der Waals surface area contributed by atoms with E-state index in [0.717, 1.165) is 51.7 Å². The van der Waals surface area contributed by atoms with Gasteiger partial charge in [-0.05, 0) is 52.6 Å². The lowest BCUT2D eigenvalue weighted by atomic mass is 9.89. The normalized spacial score (nSPS) is 20.8. The van der Waals surface area contributed by atoms with Crippen molar-refractivity contribution in [3.05, 3.63) is 0 Å². The van der Waals surface area contributed by atoms with E-state index in [9.17, 15) is 4.79 Å². The van der Waals surface area contributed by atoms with Gasteiger partial charge in [0.15, 0.2) is 0 Å². The number of unbranched alkanes of at least 4 members (excludes halogenated alkanes) is 1. The molecule has 4 nitrogen and oxygen atoms in total. The summed E-state index contributed by atoms with van der Waals surface area (Å²) in [5.41, 5.74) is -0.202. The predicted molar refractivity (Wildman–Crippen MR) is 76.5 cm³/mol. The summed E-state index contributed by atoms with van der Waals surface area (Å²) in [5, 5.41) is 11.7. The van der Waals surface area contributed by atoms with Crippen molar-refractivity contribution in [2.45, 2.75) is 46.0 Å². The summed E-state index contributed by atoms with van der Waals surface area (Å²) >= 11 is 0. The molecule has 1 N–H and O–H groups in total. The van der Waals surface area contributed by atoms with E-state index >= 15 is 0 Å². The van der Waals surface area contributed by atoms with Crippen LogP contribution >= 0.6 is 0 Å². The van der Waals surface area contributed by atoms with Crippen molar-refractivity contribution in [1.29, 1.82) is 5.26 Å². The number of rotatable bonds is 6. The van der Waals surface area contributed by atoms with E-state index in [1.807, 2.05) is 13.8 Å². The van der Waals surface area contributed by atoms with Crippen LogP contribution in [0, 0.1) is 22.7 Å².